The van der Waals surface area contributed by atoms with E-state index in [4.69, 9.17) is 9.47 Å². The molecule has 0 aliphatic rings. The van der Waals surface area contributed by atoms with Gasteiger partial charge in [0.15, 0.2) is 12.7 Å². The number of ether oxygens (including phenoxy) is 2. The number of esters is 1. The first-order valence-corrected chi connectivity index (χ1v) is 10.1. The molecule has 1 heterocycles. The predicted octanol–water partition coefficient (Wildman–Crippen LogP) is 3.88. The van der Waals surface area contributed by atoms with Gasteiger partial charge < -0.3 is 14.4 Å². The molecule has 0 spiro atoms. The molecule has 0 fully saturated rings. The van der Waals surface area contributed by atoms with E-state index in [-0.39, 0.29) is 12.5 Å². The summed E-state index contributed by atoms with van der Waals surface area (Å²) in [6.45, 7) is 5.65. The first-order valence-electron chi connectivity index (χ1n) is 9.32. The Hall–Kier alpha value is -2.93. The summed E-state index contributed by atoms with van der Waals surface area (Å²) < 4.78 is 11.8. The normalized spacial score (nSPS) is 11.9. The first-order chi connectivity index (χ1) is 13.8. The van der Waals surface area contributed by atoms with Crippen LogP contribution in [0.4, 0.5) is 0 Å². The number of aromatic nitrogens is 1. The molecule has 0 bridgehead atoms. The number of hydrogen-bond acceptors (Lipinski definition) is 6. The molecule has 0 saturated heterocycles. The van der Waals surface area contributed by atoms with Gasteiger partial charge in [0.05, 0.1) is 16.8 Å². The van der Waals surface area contributed by atoms with Crippen LogP contribution in [0.5, 0.6) is 5.75 Å². The fourth-order valence-corrected chi connectivity index (χ4v) is 3.83. The average molecular weight is 413 g/mol. The number of thiazole rings is 1. The zero-order valence-corrected chi connectivity index (χ0v) is 17.8. The SMILES string of the molecule is Cc1ccc(OCC(=O)OC(C)C(=O)N(C)Cc2nc3ccccc3s2)cc1C. The van der Waals surface area contributed by atoms with Crippen molar-refractivity contribution in [1.29, 1.82) is 0 Å². The van der Waals surface area contributed by atoms with E-state index in [0.29, 0.717) is 12.3 Å². The van der Waals surface area contributed by atoms with Gasteiger partial charge in [0, 0.05) is 7.05 Å². The zero-order chi connectivity index (χ0) is 21.0. The number of nitrogens with zero attached hydrogens (tertiary/aromatic N) is 2. The second-order valence-corrected chi connectivity index (χ2v) is 8.05. The van der Waals surface area contributed by atoms with Crippen LogP contribution in [0.1, 0.15) is 23.1 Å². The van der Waals surface area contributed by atoms with Crippen molar-refractivity contribution in [3.05, 3.63) is 58.6 Å². The molecule has 7 heteroatoms. The highest BCUT2D eigenvalue weighted by atomic mass is 32.1. The molecule has 3 aromatic rings. The molecule has 2 aromatic carbocycles. The number of rotatable bonds is 7. The third-order valence-corrected chi connectivity index (χ3v) is 5.60. The highest BCUT2D eigenvalue weighted by Gasteiger charge is 2.22. The second kappa shape index (κ2) is 9.05. The summed E-state index contributed by atoms with van der Waals surface area (Å²) in [4.78, 5) is 30.6. The van der Waals surface area contributed by atoms with Gasteiger partial charge in [-0.1, -0.05) is 18.2 Å². The molecule has 1 aromatic heterocycles. The van der Waals surface area contributed by atoms with Gasteiger partial charge in [-0.2, -0.15) is 0 Å². The van der Waals surface area contributed by atoms with Crippen LogP contribution in [-0.4, -0.2) is 41.5 Å². The molecule has 0 aliphatic heterocycles. The van der Waals surface area contributed by atoms with Crippen LogP contribution in [0.15, 0.2) is 42.5 Å². The molecule has 0 aliphatic carbocycles. The molecule has 6 nitrogen and oxygen atoms in total. The number of amides is 1. The maximum Gasteiger partial charge on any atom is 0.344 e. The summed E-state index contributed by atoms with van der Waals surface area (Å²) in [6.07, 6.45) is -0.898. The van der Waals surface area contributed by atoms with E-state index < -0.39 is 12.1 Å². The van der Waals surface area contributed by atoms with Gasteiger partial charge in [-0.05, 0) is 56.2 Å². The fraction of sp³-hybridized carbons (Fsp3) is 0.318. The number of fused-ring (bicyclic) bond motifs is 1. The van der Waals surface area contributed by atoms with Crippen LogP contribution < -0.4 is 4.74 Å². The Morgan fingerprint density at radius 1 is 1.14 bits per heavy atom. The first kappa shape index (κ1) is 20.8. The molecule has 1 atom stereocenters. The molecule has 1 amide bonds. The molecule has 0 N–H and O–H groups in total. The minimum Gasteiger partial charge on any atom is -0.482 e. The molecule has 0 saturated carbocycles. The van der Waals surface area contributed by atoms with Crippen LogP contribution >= 0.6 is 11.3 Å². The lowest BCUT2D eigenvalue weighted by atomic mass is 10.1. The smallest absolute Gasteiger partial charge is 0.344 e. The Bertz CT molecular complexity index is 998. The number of likely N-dealkylation sites (N-methyl/N-ethyl adjacent to an activating group) is 1. The number of hydrogen-bond donors (Lipinski definition) is 0. The van der Waals surface area contributed by atoms with Crippen molar-refractivity contribution in [3.63, 3.8) is 0 Å². The summed E-state index contributed by atoms with van der Waals surface area (Å²) in [7, 11) is 1.67. The lowest BCUT2D eigenvalue weighted by molar-refractivity contribution is -0.160. The Morgan fingerprint density at radius 2 is 1.90 bits per heavy atom. The van der Waals surface area contributed by atoms with Crippen molar-refractivity contribution in [2.45, 2.75) is 33.4 Å². The number of aryl methyl sites for hydroxylation is 2. The van der Waals surface area contributed by atoms with E-state index in [1.54, 1.807) is 31.4 Å². The summed E-state index contributed by atoms with van der Waals surface area (Å²) in [5.41, 5.74) is 3.14. The number of carbonyl (C=O) groups excluding carboxylic acids is 2. The zero-order valence-electron chi connectivity index (χ0n) is 17.0. The topological polar surface area (TPSA) is 68.7 Å². The lowest BCUT2D eigenvalue weighted by Crippen LogP contribution is -2.37. The van der Waals surface area contributed by atoms with Gasteiger partial charge in [-0.15, -0.1) is 11.3 Å². The van der Waals surface area contributed by atoms with E-state index in [1.807, 2.05) is 50.2 Å². The summed E-state index contributed by atoms with van der Waals surface area (Å²) in [6, 6.07) is 13.4. The predicted molar refractivity (Wildman–Crippen MR) is 113 cm³/mol. The van der Waals surface area contributed by atoms with Gasteiger partial charge >= 0.3 is 5.97 Å². The standard InChI is InChI=1S/C22H24N2O4S/c1-14-9-10-17(11-15(14)2)27-13-21(25)28-16(3)22(26)24(4)12-20-23-18-7-5-6-8-19(18)29-20/h5-11,16H,12-13H2,1-4H3. The molecule has 29 heavy (non-hydrogen) atoms. The van der Waals surface area contributed by atoms with E-state index in [2.05, 4.69) is 4.98 Å². The van der Waals surface area contributed by atoms with Crippen molar-refractivity contribution in [1.82, 2.24) is 9.88 Å². The van der Waals surface area contributed by atoms with Gasteiger partial charge in [-0.3, -0.25) is 4.79 Å². The summed E-state index contributed by atoms with van der Waals surface area (Å²) >= 11 is 1.54. The van der Waals surface area contributed by atoms with Gasteiger partial charge in [-0.25, -0.2) is 9.78 Å². The third kappa shape index (κ3) is 5.32. The highest BCUT2D eigenvalue weighted by Crippen LogP contribution is 2.22. The number of carbonyl (C=O) groups is 2. The quantitative estimate of drug-likeness (QED) is 0.551. The van der Waals surface area contributed by atoms with Crippen LogP contribution in [0, 0.1) is 13.8 Å². The van der Waals surface area contributed by atoms with E-state index in [1.165, 1.54) is 4.90 Å². The van der Waals surface area contributed by atoms with Crippen LogP contribution in [0.3, 0.4) is 0 Å². The number of para-hydroxylation sites is 1. The minimum absolute atomic E-state index is 0.248. The largest absolute Gasteiger partial charge is 0.482 e. The molecule has 0 radical (unpaired) electrons. The Morgan fingerprint density at radius 3 is 2.62 bits per heavy atom. The summed E-state index contributed by atoms with van der Waals surface area (Å²) in [5.74, 6) is -0.279. The maximum absolute atomic E-state index is 12.5. The third-order valence-electron chi connectivity index (χ3n) is 4.58. The Labute approximate surface area is 174 Å². The molecular formula is C22H24N2O4S. The molecule has 1 unspecified atom stereocenters. The number of benzene rings is 2. The second-order valence-electron chi connectivity index (χ2n) is 6.94. The Kier molecular flexibility index (Phi) is 6.49. The van der Waals surface area contributed by atoms with Crippen molar-refractivity contribution < 1.29 is 19.1 Å². The molecule has 3 rings (SSSR count). The lowest BCUT2D eigenvalue weighted by Gasteiger charge is -2.20. The average Bonchev–Trinajstić information content (AvgIpc) is 3.10. The monoisotopic (exact) mass is 412 g/mol. The van der Waals surface area contributed by atoms with E-state index >= 15 is 0 Å². The Balaban J connectivity index is 1.50. The van der Waals surface area contributed by atoms with Crippen molar-refractivity contribution >= 4 is 33.4 Å². The van der Waals surface area contributed by atoms with E-state index in [0.717, 1.165) is 26.4 Å². The van der Waals surface area contributed by atoms with Gasteiger partial charge in [0.25, 0.3) is 5.91 Å². The van der Waals surface area contributed by atoms with Crippen molar-refractivity contribution in [2.75, 3.05) is 13.7 Å². The maximum atomic E-state index is 12.5. The van der Waals surface area contributed by atoms with Crippen LogP contribution in [0.2, 0.25) is 0 Å². The highest BCUT2D eigenvalue weighted by molar-refractivity contribution is 7.18. The van der Waals surface area contributed by atoms with Crippen molar-refractivity contribution in [2.24, 2.45) is 0 Å². The van der Waals surface area contributed by atoms with Crippen molar-refractivity contribution in [3.8, 4) is 5.75 Å². The molecular weight excluding hydrogens is 388 g/mol. The van der Waals surface area contributed by atoms with Crippen LogP contribution in [-0.2, 0) is 20.9 Å². The van der Waals surface area contributed by atoms with Crippen LogP contribution in [0.25, 0.3) is 10.2 Å². The summed E-state index contributed by atoms with van der Waals surface area (Å²) in [5, 5.41) is 0.832. The molecule has 152 valence electrons. The minimum atomic E-state index is -0.898. The van der Waals surface area contributed by atoms with Gasteiger partial charge in [0.2, 0.25) is 0 Å². The fourth-order valence-electron chi connectivity index (χ4n) is 2.81. The van der Waals surface area contributed by atoms with Gasteiger partial charge in [0.1, 0.15) is 10.8 Å². The van der Waals surface area contributed by atoms with E-state index in [9.17, 15) is 9.59 Å².